The number of hydrogen-bond acceptors (Lipinski definition) is 8. The first kappa shape index (κ1) is 26.0. The number of rotatable bonds is 7. The highest BCUT2D eigenvalue weighted by molar-refractivity contribution is 6.04. The average molecular weight is 498 g/mol. The van der Waals surface area contributed by atoms with Crippen LogP contribution in [-0.2, 0) is 30.0 Å². The summed E-state index contributed by atoms with van der Waals surface area (Å²) in [7, 11) is 2.11. The molecule has 2 atom stereocenters. The number of carbonyl (C=O) groups is 3. The zero-order valence-corrected chi connectivity index (χ0v) is 19.1. The molecule has 12 heteroatoms. The van der Waals surface area contributed by atoms with Crippen LogP contribution in [0.5, 0.6) is 0 Å². The van der Waals surface area contributed by atoms with Crippen molar-refractivity contribution in [2.75, 3.05) is 19.5 Å². The summed E-state index contributed by atoms with van der Waals surface area (Å²) in [5.41, 5.74) is -2.79. The molecule has 0 spiro atoms. The number of halogens is 3. The summed E-state index contributed by atoms with van der Waals surface area (Å²) in [5, 5.41) is 5.04. The molecular weight excluding hydrogens is 473 g/mol. The predicted molar refractivity (Wildman–Crippen MR) is 117 cm³/mol. The highest BCUT2D eigenvalue weighted by Gasteiger charge is 2.42. The van der Waals surface area contributed by atoms with Crippen LogP contribution in [0.25, 0.3) is 11.0 Å². The van der Waals surface area contributed by atoms with E-state index in [2.05, 4.69) is 10.6 Å². The van der Waals surface area contributed by atoms with Gasteiger partial charge in [-0.3, -0.25) is 9.59 Å². The summed E-state index contributed by atoms with van der Waals surface area (Å²) in [4.78, 5) is 49.8. The number of benzene rings is 1. The van der Waals surface area contributed by atoms with Crippen LogP contribution in [0.1, 0.15) is 37.7 Å². The fourth-order valence-corrected chi connectivity index (χ4v) is 4.13. The summed E-state index contributed by atoms with van der Waals surface area (Å²) < 4.78 is 54.4. The van der Waals surface area contributed by atoms with Crippen molar-refractivity contribution in [1.29, 1.82) is 0 Å². The summed E-state index contributed by atoms with van der Waals surface area (Å²) in [6, 6.07) is 1.90. The van der Waals surface area contributed by atoms with E-state index in [4.69, 9.17) is 13.9 Å². The molecule has 1 aliphatic rings. The maximum atomic E-state index is 13.3. The number of methoxy groups -OCH3 is 2. The van der Waals surface area contributed by atoms with Crippen LogP contribution in [0.2, 0.25) is 0 Å². The SMILES string of the molecule is COC(=O)C(Nc1ccc2c(C(F)(F)F)cc(=O)oc2c1)C(C(=O)NC1CCCCC1)C(=O)OC. The molecule has 0 aliphatic heterocycles. The number of ether oxygens (including phenoxy) is 2. The number of fused-ring (bicyclic) bond motifs is 1. The van der Waals surface area contributed by atoms with Gasteiger partial charge in [-0.05, 0) is 25.0 Å². The molecule has 0 radical (unpaired) electrons. The molecule has 1 aliphatic carbocycles. The van der Waals surface area contributed by atoms with Crippen molar-refractivity contribution in [2.24, 2.45) is 5.92 Å². The Bertz CT molecular complexity index is 1160. The molecular formula is C23H25F3N2O7. The van der Waals surface area contributed by atoms with E-state index < -0.39 is 52.8 Å². The minimum absolute atomic E-state index is 0.00902. The lowest BCUT2D eigenvalue weighted by Gasteiger charge is -2.28. The van der Waals surface area contributed by atoms with Gasteiger partial charge in [0.25, 0.3) is 0 Å². The van der Waals surface area contributed by atoms with E-state index in [0.29, 0.717) is 6.07 Å². The van der Waals surface area contributed by atoms with Gasteiger partial charge in [-0.15, -0.1) is 0 Å². The van der Waals surface area contributed by atoms with Crippen molar-refractivity contribution in [3.05, 3.63) is 40.2 Å². The van der Waals surface area contributed by atoms with Crippen LogP contribution < -0.4 is 16.3 Å². The topological polar surface area (TPSA) is 124 Å². The lowest BCUT2D eigenvalue weighted by Crippen LogP contribution is -2.52. The third-order valence-electron chi connectivity index (χ3n) is 5.85. The van der Waals surface area contributed by atoms with E-state index in [9.17, 15) is 32.3 Å². The summed E-state index contributed by atoms with van der Waals surface area (Å²) in [6.07, 6.45) is -0.496. The van der Waals surface area contributed by atoms with E-state index in [0.717, 1.165) is 58.5 Å². The zero-order valence-electron chi connectivity index (χ0n) is 19.1. The van der Waals surface area contributed by atoms with Gasteiger partial charge in [-0.2, -0.15) is 13.2 Å². The van der Waals surface area contributed by atoms with E-state index in [1.165, 1.54) is 6.07 Å². The van der Waals surface area contributed by atoms with Gasteiger partial charge in [-0.1, -0.05) is 19.3 Å². The maximum Gasteiger partial charge on any atom is 0.417 e. The fourth-order valence-electron chi connectivity index (χ4n) is 4.13. The first-order valence-corrected chi connectivity index (χ1v) is 10.9. The quantitative estimate of drug-likeness (QED) is 0.339. The van der Waals surface area contributed by atoms with E-state index >= 15 is 0 Å². The van der Waals surface area contributed by atoms with Gasteiger partial charge in [0.05, 0.1) is 19.8 Å². The van der Waals surface area contributed by atoms with Crippen molar-refractivity contribution in [1.82, 2.24) is 5.32 Å². The predicted octanol–water partition coefficient (Wildman–Crippen LogP) is 3.00. The van der Waals surface area contributed by atoms with E-state index in [1.54, 1.807) is 0 Å². The number of hydrogen-bond donors (Lipinski definition) is 2. The smallest absolute Gasteiger partial charge is 0.417 e. The van der Waals surface area contributed by atoms with Gasteiger partial charge >= 0.3 is 23.7 Å². The van der Waals surface area contributed by atoms with Gasteiger partial charge in [-0.25, -0.2) is 9.59 Å². The molecule has 0 bridgehead atoms. The van der Waals surface area contributed by atoms with Crippen LogP contribution in [-0.4, -0.2) is 44.1 Å². The Morgan fingerprint density at radius 3 is 2.29 bits per heavy atom. The number of nitrogens with one attached hydrogen (secondary N) is 2. The lowest BCUT2D eigenvalue weighted by atomic mass is 9.93. The molecule has 1 amide bonds. The molecule has 9 nitrogen and oxygen atoms in total. The molecule has 3 rings (SSSR count). The molecule has 2 N–H and O–H groups in total. The first-order valence-electron chi connectivity index (χ1n) is 10.9. The van der Waals surface area contributed by atoms with Crippen LogP contribution in [0.4, 0.5) is 18.9 Å². The highest BCUT2D eigenvalue weighted by atomic mass is 19.4. The largest absolute Gasteiger partial charge is 0.468 e. The molecule has 1 fully saturated rings. The molecule has 1 heterocycles. The molecule has 1 aromatic heterocycles. The second-order valence-corrected chi connectivity index (χ2v) is 8.18. The number of esters is 2. The lowest BCUT2D eigenvalue weighted by molar-refractivity contribution is -0.157. The Balaban J connectivity index is 1.96. The highest BCUT2D eigenvalue weighted by Crippen LogP contribution is 2.34. The van der Waals surface area contributed by atoms with Crippen molar-refractivity contribution in [3.8, 4) is 0 Å². The van der Waals surface area contributed by atoms with E-state index in [1.807, 2.05) is 0 Å². The summed E-state index contributed by atoms with van der Waals surface area (Å²) in [6.45, 7) is 0. The molecule has 0 saturated heterocycles. The Kier molecular flexibility index (Phi) is 8.03. The van der Waals surface area contributed by atoms with Crippen LogP contribution in [0.15, 0.2) is 33.5 Å². The Hall–Kier alpha value is -3.57. The second-order valence-electron chi connectivity index (χ2n) is 8.18. The normalized spacial score (nSPS) is 16.3. The number of amides is 1. The Morgan fingerprint density at radius 1 is 1.03 bits per heavy atom. The minimum Gasteiger partial charge on any atom is -0.468 e. The average Bonchev–Trinajstić information content (AvgIpc) is 2.82. The number of anilines is 1. The Labute approximate surface area is 197 Å². The fraction of sp³-hybridized carbons (Fsp3) is 0.478. The minimum atomic E-state index is -4.80. The van der Waals surface area contributed by atoms with Gasteiger partial charge in [0.1, 0.15) is 11.6 Å². The van der Waals surface area contributed by atoms with Crippen molar-refractivity contribution in [3.63, 3.8) is 0 Å². The molecule has 190 valence electrons. The molecule has 2 aromatic rings. The summed E-state index contributed by atoms with van der Waals surface area (Å²) in [5.74, 6) is -4.39. The zero-order chi connectivity index (χ0) is 25.8. The Morgan fingerprint density at radius 2 is 1.69 bits per heavy atom. The molecule has 2 unspecified atom stereocenters. The second kappa shape index (κ2) is 10.8. The number of alkyl halides is 3. The van der Waals surface area contributed by atoms with Crippen molar-refractivity contribution < 1.29 is 41.4 Å². The molecule has 1 aromatic carbocycles. The van der Waals surface area contributed by atoms with Crippen LogP contribution >= 0.6 is 0 Å². The first-order chi connectivity index (χ1) is 16.5. The third-order valence-corrected chi connectivity index (χ3v) is 5.85. The van der Waals surface area contributed by atoms with Crippen LogP contribution in [0.3, 0.4) is 0 Å². The van der Waals surface area contributed by atoms with Gasteiger partial charge < -0.3 is 24.5 Å². The number of carbonyl (C=O) groups excluding carboxylic acids is 3. The van der Waals surface area contributed by atoms with Gasteiger partial charge in [0.2, 0.25) is 5.91 Å². The van der Waals surface area contributed by atoms with Crippen LogP contribution in [0, 0.1) is 5.92 Å². The monoisotopic (exact) mass is 498 g/mol. The molecule has 35 heavy (non-hydrogen) atoms. The van der Waals surface area contributed by atoms with E-state index in [-0.39, 0.29) is 17.1 Å². The maximum absolute atomic E-state index is 13.3. The third kappa shape index (κ3) is 6.11. The van der Waals surface area contributed by atoms with Gasteiger partial charge in [0.15, 0.2) is 5.92 Å². The van der Waals surface area contributed by atoms with Crippen molar-refractivity contribution in [2.45, 2.75) is 50.4 Å². The molecule has 1 saturated carbocycles. The van der Waals surface area contributed by atoms with Crippen molar-refractivity contribution >= 4 is 34.5 Å². The standard InChI is InChI=1S/C23H25F3N2O7/c1-33-21(31)18(20(30)28-12-6-4-3-5-7-12)19(22(32)34-2)27-13-8-9-14-15(23(24,25)26)11-17(29)35-16(14)10-13/h8-12,18-19,27H,3-7H2,1-2H3,(H,28,30). The van der Waals surface area contributed by atoms with Gasteiger partial charge in [0, 0.05) is 29.2 Å². The summed E-state index contributed by atoms with van der Waals surface area (Å²) >= 11 is 0.